The van der Waals surface area contributed by atoms with Crippen LogP contribution in [0.3, 0.4) is 0 Å². The number of hydrogen-bond donors (Lipinski definition) is 2. The molecule has 0 bridgehead atoms. The van der Waals surface area contributed by atoms with E-state index < -0.39 is 0 Å². The van der Waals surface area contributed by atoms with Gasteiger partial charge in [-0.05, 0) is 45.2 Å². The zero-order chi connectivity index (χ0) is 15.4. The van der Waals surface area contributed by atoms with Crippen LogP contribution >= 0.6 is 0 Å². The van der Waals surface area contributed by atoms with Gasteiger partial charge in [0.25, 0.3) is 0 Å². The van der Waals surface area contributed by atoms with Crippen LogP contribution in [-0.4, -0.2) is 30.8 Å². The van der Waals surface area contributed by atoms with E-state index in [1.165, 1.54) is 0 Å². The van der Waals surface area contributed by atoms with Crippen molar-refractivity contribution in [3.05, 3.63) is 23.8 Å². The van der Waals surface area contributed by atoms with Crippen molar-refractivity contribution >= 4 is 17.3 Å². The fourth-order valence-corrected chi connectivity index (χ4v) is 2.71. The summed E-state index contributed by atoms with van der Waals surface area (Å²) in [6.45, 7) is 6.01. The third-order valence-electron chi connectivity index (χ3n) is 3.67. The normalized spacial score (nSPS) is 25.6. The minimum absolute atomic E-state index is 0.0396. The van der Waals surface area contributed by atoms with Gasteiger partial charge in [0.2, 0.25) is 5.91 Å². The van der Waals surface area contributed by atoms with Crippen LogP contribution in [-0.2, 0) is 14.3 Å². The Bertz CT molecular complexity index is 474. The molecular formula is C16H24N2O3. The first-order chi connectivity index (χ1) is 9.95. The second-order valence-electron chi connectivity index (χ2n) is 5.75. The Morgan fingerprint density at radius 3 is 2.67 bits per heavy atom. The number of nitrogens with one attached hydrogen (secondary N) is 1. The standard InChI is InChI=1S/C16H24N2O3/c1-10-5-4-6-14(17)16(10)18-15(19)9-20-13-7-11(2)21-12(3)8-13/h4-6,11-13H,7-9,17H2,1-3H3,(H,18,19). The maximum Gasteiger partial charge on any atom is 0.250 e. The van der Waals surface area contributed by atoms with Gasteiger partial charge in [0.1, 0.15) is 6.61 Å². The van der Waals surface area contributed by atoms with Crippen LogP contribution in [0.4, 0.5) is 11.4 Å². The summed E-state index contributed by atoms with van der Waals surface area (Å²) in [5.41, 5.74) is 8.05. The monoisotopic (exact) mass is 292 g/mol. The summed E-state index contributed by atoms with van der Waals surface area (Å²) in [6, 6.07) is 5.54. The maximum absolute atomic E-state index is 12.0. The molecule has 1 aliphatic rings. The number of anilines is 2. The first kappa shape index (κ1) is 15.8. The number of hydrogen-bond acceptors (Lipinski definition) is 4. The molecule has 0 aromatic heterocycles. The molecular weight excluding hydrogens is 268 g/mol. The van der Waals surface area contributed by atoms with E-state index >= 15 is 0 Å². The third kappa shape index (κ3) is 4.44. The smallest absolute Gasteiger partial charge is 0.250 e. The van der Waals surface area contributed by atoms with Gasteiger partial charge in [0.15, 0.2) is 0 Å². The molecule has 2 rings (SSSR count). The van der Waals surface area contributed by atoms with Gasteiger partial charge >= 0.3 is 0 Å². The summed E-state index contributed by atoms with van der Waals surface area (Å²) in [4.78, 5) is 12.0. The number of nitrogen functional groups attached to an aromatic ring is 1. The highest BCUT2D eigenvalue weighted by molar-refractivity contribution is 5.95. The van der Waals surface area contributed by atoms with Crippen molar-refractivity contribution < 1.29 is 14.3 Å². The highest BCUT2D eigenvalue weighted by atomic mass is 16.5. The highest BCUT2D eigenvalue weighted by Gasteiger charge is 2.25. The minimum Gasteiger partial charge on any atom is -0.397 e. The van der Waals surface area contributed by atoms with Crippen molar-refractivity contribution in [3.63, 3.8) is 0 Å². The molecule has 5 nitrogen and oxygen atoms in total. The first-order valence-electron chi connectivity index (χ1n) is 7.37. The average molecular weight is 292 g/mol. The zero-order valence-corrected chi connectivity index (χ0v) is 12.9. The number of carbonyl (C=O) groups excluding carboxylic acids is 1. The van der Waals surface area contributed by atoms with E-state index in [9.17, 15) is 4.79 Å². The quantitative estimate of drug-likeness (QED) is 0.836. The van der Waals surface area contributed by atoms with Gasteiger partial charge < -0.3 is 20.5 Å². The lowest BCUT2D eigenvalue weighted by molar-refractivity contribution is -0.131. The zero-order valence-electron chi connectivity index (χ0n) is 12.9. The first-order valence-corrected chi connectivity index (χ1v) is 7.37. The number of benzene rings is 1. The van der Waals surface area contributed by atoms with Crippen LogP contribution in [0.15, 0.2) is 18.2 Å². The van der Waals surface area contributed by atoms with Gasteiger partial charge in [-0.3, -0.25) is 4.79 Å². The van der Waals surface area contributed by atoms with Gasteiger partial charge in [0.05, 0.1) is 29.7 Å². The molecule has 0 aliphatic carbocycles. The van der Waals surface area contributed by atoms with Gasteiger partial charge in [-0.2, -0.15) is 0 Å². The number of carbonyl (C=O) groups is 1. The summed E-state index contributed by atoms with van der Waals surface area (Å²) >= 11 is 0. The molecule has 3 N–H and O–H groups in total. The fourth-order valence-electron chi connectivity index (χ4n) is 2.71. The molecule has 2 atom stereocenters. The predicted octanol–water partition coefficient (Wildman–Crippen LogP) is 2.49. The highest BCUT2D eigenvalue weighted by Crippen LogP contribution is 2.23. The van der Waals surface area contributed by atoms with Crippen LogP contribution < -0.4 is 11.1 Å². The van der Waals surface area contributed by atoms with E-state index in [-0.39, 0.29) is 30.8 Å². The molecule has 1 aliphatic heterocycles. The fraction of sp³-hybridized carbons (Fsp3) is 0.562. The number of nitrogens with two attached hydrogens (primary N) is 1. The topological polar surface area (TPSA) is 73.6 Å². The van der Waals surface area contributed by atoms with E-state index in [0.29, 0.717) is 11.4 Å². The maximum atomic E-state index is 12.0. The molecule has 0 saturated carbocycles. The number of ether oxygens (including phenoxy) is 2. The van der Waals surface area contributed by atoms with Crippen LogP contribution in [0.1, 0.15) is 32.3 Å². The summed E-state index contributed by atoms with van der Waals surface area (Å²) in [7, 11) is 0. The van der Waals surface area contributed by atoms with Crippen LogP contribution in [0.25, 0.3) is 0 Å². The molecule has 116 valence electrons. The molecule has 2 unspecified atom stereocenters. The second kappa shape index (κ2) is 6.91. The van der Waals surface area contributed by atoms with E-state index in [0.717, 1.165) is 18.4 Å². The Labute approximate surface area is 125 Å². The largest absolute Gasteiger partial charge is 0.397 e. The van der Waals surface area contributed by atoms with Crippen molar-refractivity contribution in [2.24, 2.45) is 0 Å². The van der Waals surface area contributed by atoms with E-state index in [1.807, 2.05) is 32.9 Å². The van der Waals surface area contributed by atoms with E-state index in [2.05, 4.69) is 5.32 Å². The Hall–Kier alpha value is -1.59. The molecule has 1 fully saturated rings. The molecule has 0 spiro atoms. The summed E-state index contributed by atoms with van der Waals surface area (Å²) < 4.78 is 11.4. The van der Waals surface area contributed by atoms with Crippen molar-refractivity contribution in [3.8, 4) is 0 Å². The molecule has 21 heavy (non-hydrogen) atoms. The second-order valence-corrected chi connectivity index (χ2v) is 5.75. The molecule has 1 aromatic rings. The Balaban J connectivity index is 1.85. The summed E-state index contributed by atoms with van der Waals surface area (Å²) in [5, 5.41) is 2.82. The molecule has 1 amide bonds. The summed E-state index contributed by atoms with van der Waals surface area (Å²) in [5.74, 6) is -0.178. The van der Waals surface area contributed by atoms with Gasteiger partial charge in [-0.15, -0.1) is 0 Å². The van der Waals surface area contributed by atoms with Crippen molar-refractivity contribution in [1.82, 2.24) is 0 Å². The molecule has 1 saturated heterocycles. The van der Waals surface area contributed by atoms with Crippen LogP contribution in [0, 0.1) is 6.92 Å². The SMILES string of the molecule is Cc1cccc(N)c1NC(=O)COC1CC(C)OC(C)C1. The third-order valence-corrected chi connectivity index (χ3v) is 3.67. The minimum atomic E-state index is -0.178. The van der Waals surface area contributed by atoms with Crippen LogP contribution in [0.2, 0.25) is 0 Å². The molecule has 5 heteroatoms. The number of para-hydroxylation sites is 1. The van der Waals surface area contributed by atoms with Crippen molar-refractivity contribution in [2.45, 2.75) is 51.9 Å². The van der Waals surface area contributed by atoms with Gasteiger partial charge in [-0.1, -0.05) is 12.1 Å². The lowest BCUT2D eigenvalue weighted by atomic mass is 10.0. The predicted molar refractivity (Wildman–Crippen MR) is 83.2 cm³/mol. The number of amides is 1. The lowest BCUT2D eigenvalue weighted by Gasteiger charge is -2.31. The Kier molecular flexibility index (Phi) is 5.20. The van der Waals surface area contributed by atoms with E-state index in [1.54, 1.807) is 6.07 Å². The van der Waals surface area contributed by atoms with Gasteiger partial charge in [-0.25, -0.2) is 0 Å². The summed E-state index contributed by atoms with van der Waals surface area (Å²) in [6.07, 6.45) is 2.07. The van der Waals surface area contributed by atoms with Crippen LogP contribution in [0.5, 0.6) is 0 Å². The Morgan fingerprint density at radius 1 is 1.38 bits per heavy atom. The van der Waals surface area contributed by atoms with Crippen molar-refractivity contribution in [2.75, 3.05) is 17.7 Å². The molecule has 0 radical (unpaired) electrons. The van der Waals surface area contributed by atoms with E-state index in [4.69, 9.17) is 15.2 Å². The Morgan fingerprint density at radius 2 is 2.05 bits per heavy atom. The molecule has 1 heterocycles. The van der Waals surface area contributed by atoms with Gasteiger partial charge in [0, 0.05) is 0 Å². The number of aryl methyl sites for hydroxylation is 1. The van der Waals surface area contributed by atoms with Crippen molar-refractivity contribution in [1.29, 1.82) is 0 Å². The average Bonchev–Trinajstić information content (AvgIpc) is 2.40. The number of rotatable bonds is 4. The molecule has 1 aromatic carbocycles. The lowest BCUT2D eigenvalue weighted by Crippen LogP contribution is -2.35.